The van der Waals surface area contributed by atoms with E-state index in [0.717, 1.165) is 25.6 Å². The third-order valence-corrected chi connectivity index (χ3v) is 4.20. The highest BCUT2D eigenvalue weighted by Gasteiger charge is 2.19. The van der Waals surface area contributed by atoms with Crippen LogP contribution in [-0.2, 0) is 13.0 Å². The molecular weight excluding hydrogens is 208 g/mol. The number of piperazine rings is 1. The van der Waals surface area contributed by atoms with E-state index in [4.69, 9.17) is 0 Å². The molecule has 1 heterocycles. The highest BCUT2D eigenvalue weighted by atomic mass is 15.2. The molecule has 1 aliphatic heterocycles. The number of benzene rings is 1. The first kappa shape index (κ1) is 11.2. The third kappa shape index (κ3) is 2.38. The van der Waals surface area contributed by atoms with Crippen LogP contribution in [0.5, 0.6) is 0 Å². The van der Waals surface area contributed by atoms with E-state index >= 15 is 0 Å². The molecule has 1 unspecified atom stereocenters. The van der Waals surface area contributed by atoms with Crippen molar-refractivity contribution in [2.75, 3.05) is 26.2 Å². The number of rotatable bonds is 2. The van der Waals surface area contributed by atoms with Gasteiger partial charge in [-0.1, -0.05) is 25.1 Å². The number of nitrogens with one attached hydrogen (secondary N) is 1. The summed E-state index contributed by atoms with van der Waals surface area (Å²) in [6.45, 7) is 8.14. The van der Waals surface area contributed by atoms with Crippen LogP contribution in [0.2, 0.25) is 0 Å². The van der Waals surface area contributed by atoms with Crippen LogP contribution in [0.3, 0.4) is 0 Å². The summed E-state index contributed by atoms with van der Waals surface area (Å²) in [7, 11) is 0. The molecular formula is C15H22N2. The Balaban J connectivity index is 1.73. The van der Waals surface area contributed by atoms with Crippen LogP contribution in [0.15, 0.2) is 18.2 Å². The second kappa shape index (κ2) is 4.79. The number of nitrogens with zero attached hydrogens (tertiary/aromatic N) is 1. The lowest BCUT2D eigenvalue weighted by molar-refractivity contribution is 0.233. The van der Waals surface area contributed by atoms with Gasteiger partial charge in [0.05, 0.1) is 0 Å². The van der Waals surface area contributed by atoms with Gasteiger partial charge in [0, 0.05) is 32.7 Å². The predicted octanol–water partition coefficient (Wildman–Crippen LogP) is 2.14. The van der Waals surface area contributed by atoms with Crippen LogP contribution in [0.4, 0.5) is 0 Å². The SMILES string of the molecule is CC1CCc2ccc(CN3CCNCC3)cc21. The molecule has 0 radical (unpaired) electrons. The summed E-state index contributed by atoms with van der Waals surface area (Å²) in [4.78, 5) is 2.55. The van der Waals surface area contributed by atoms with Gasteiger partial charge in [-0.25, -0.2) is 0 Å². The highest BCUT2D eigenvalue weighted by molar-refractivity contribution is 5.38. The van der Waals surface area contributed by atoms with Gasteiger partial charge in [0.25, 0.3) is 0 Å². The minimum atomic E-state index is 0.771. The van der Waals surface area contributed by atoms with Crippen LogP contribution < -0.4 is 5.32 Å². The molecule has 1 aromatic rings. The summed E-state index contributed by atoms with van der Waals surface area (Å²) in [5, 5.41) is 3.41. The molecule has 2 nitrogen and oxygen atoms in total. The van der Waals surface area contributed by atoms with E-state index in [-0.39, 0.29) is 0 Å². The Morgan fingerprint density at radius 3 is 2.94 bits per heavy atom. The molecule has 2 aliphatic rings. The molecule has 0 spiro atoms. The molecule has 0 amide bonds. The normalized spacial score (nSPS) is 24.9. The third-order valence-electron chi connectivity index (χ3n) is 4.20. The average molecular weight is 230 g/mol. The topological polar surface area (TPSA) is 15.3 Å². The Hall–Kier alpha value is -0.860. The first-order chi connectivity index (χ1) is 8.33. The van der Waals surface area contributed by atoms with Crippen molar-refractivity contribution < 1.29 is 0 Å². The lowest BCUT2D eigenvalue weighted by Crippen LogP contribution is -2.42. The molecule has 1 saturated heterocycles. The Morgan fingerprint density at radius 1 is 1.29 bits per heavy atom. The Morgan fingerprint density at radius 2 is 2.12 bits per heavy atom. The molecule has 3 rings (SSSR count). The van der Waals surface area contributed by atoms with Gasteiger partial charge in [0.2, 0.25) is 0 Å². The fourth-order valence-corrected chi connectivity index (χ4v) is 3.08. The zero-order chi connectivity index (χ0) is 11.7. The minimum absolute atomic E-state index is 0.771. The molecule has 1 atom stereocenters. The molecule has 0 saturated carbocycles. The fourth-order valence-electron chi connectivity index (χ4n) is 3.08. The monoisotopic (exact) mass is 230 g/mol. The fraction of sp³-hybridized carbons (Fsp3) is 0.600. The maximum atomic E-state index is 3.41. The van der Waals surface area contributed by atoms with Crippen LogP contribution in [0, 0.1) is 0 Å². The molecule has 92 valence electrons. The van der Waals surface area contributed by atoms with E-state index in [9.17, 15) is 0 Å². The summed E-state index contributed by atoms with van der Waals surface area (Å²) < 4.78 is 0. The van der Waals surface area contributed by atoms with Crippen molar-refractivity contribution in [3.8, 4) is 0 Å². The first-order valence-corrected chi connectivity index (χ1v) is 6.88. The van der Waals surface area contributed by atoms with Crippen LogP contribution >= 0.6 is 0 Å². The molecule has 2 heteroatoms. The summed E-state index contributed by atoms with van der Waals surface area (Å²) in [6, 6.07) is 7.14. The average Bonchev–Trinajstić information content (AvgIpc) is 2.73. The van der Waals surface area contributed by atoms with Gasteiger partial charge < -0.3 is 5.32 Å². The largest absolute Gasteiger partial charge is 0.314 e. The standard InChI is InChI=1S/C15H22N2/c1-12-2-4-14-5-3-13(10-15(12)14)11-17-8-6-16-7-9-17/h3,5,10,12,16H,2,4,6-9,11H2,1H3. The molecule has 1 N–H and O–H groups in total. The van der Waals surface area contributed by atoms with E-state index in [2.05, 4.69) is 35.3 Å². The van der Waals surface area contributed by atoms with E-state index < -0.39 is 0 Å². The van der Waals surface area contributed by atoms with Crippen LogP contribution in [0.25, 0.3) is 0 Å². The Kier molecular flexibility index (Phi) is 3.17. The Bertz CT molecular complexity index is 394. The second-order valence-corrected chi connectivity index (χ2v) is 5.50. The molecule has 1 aliphatic carbocycles. The smallest absolute Gasteiger partial charge is 0.0234 e. The van der Waals surface area contributed by atoms with Gasteiger partial charge in [0.15, 0.2) is 0 Å². The van der Waals surface area contributed by atoms with E-state index in [1.807, 2.05) is 0 Å². The van der Waals surface area contributed by atoms with Crippen LogP contribution in [-0.4, -0.2) is 31.1 Å². The quantitative estimate of drug-likeness (QED) is 0.837. The molecule has 1 aromatic carbocycles. The van der Waals surface area contributed by atoms with Crippen molar-refractivity contribution in [2.24, 2.45) is 0 Å². The van der Waals surface area contributed by atoms with Crippen molar-refractivity contribution in [1.29, 1.82) is 0 Å². The van der Waals surface area contributed by atoms with Gasteiger partial charge in [-0.2, -0.15) is 0 Å². The minimum Gasteiger partial charge on any atom is -0.314 e. The van der Waals surface area contributed by atoms with Crippen LogP contribution in [0.1, 0.15) is 36.0 Å². The summed E-state index contributed by atoms with van der Waals surface area (Å²) in [5.41, 5.74) is 4.69. The van der Waals surface area contributed by atoms with Crippen molar-refractivity contribution >= 4 is 0 Å². The van der Waals surface area contributed by atoms with E-state index in [1.54, 1.807) is 11.1 Å². The first-order valence-electron chi connectivity index (χ1n) is 6.88. The van der Waals surface area contributed by atoms with Crippen molar-refractivity contribution in [2.45, 2.75) is 32.2 Å². The molecule has 0 bridgehead atoms. The number of hydrogen-bond donors (Lipinski definition) is 1. The van der Waals surface area contributed by atoms with Crippen molar-refractivity contribution in [3.63, 3.8) is 0 Å². The van der Waals surface area contributed by atoms with E-state index in [0.29, 0.717) is 0 Å². The number of aryl methyl sites for hydroxylation is 1. The van der Waals surface area contributed by atoms with Crippen molar-refractivity contribution in [3.05, 3.63) is 34.9 Å². The summed E-state index contributed by atoms with van der Waals surface area (Å²) in [5.74, 6) is 0.771. The lowest BCUT2D eigenvalue weighted by Gasteiger charge is -2.27. The van der Waals surface area contributed by atoms with Gasteiger partial charge in [-0.05, 0) is 35.4 Å². The zero-order valence-corrected chi connectivity index (χ0v) is 10.7. The maximum absolute atomic E-state index is 3.41. The van der Waals surface area contributed by atoms with E-state index in [1.165, 1.54) is 31.5 Å². The van der Waals surface area contributed by atoms with Gasteiger partial charge in [-0.15, -0.1) is 0 Å². The summed E-state index contributed by atoms with van der Waals surface area (Å²) >= 11 is 0. The molecule has 17 heavy (non-hydrogen) atoms. The van der Waals surface area contributed by atoms with Gasteiger partial charge >= 0.3 is 0 Å². The Labute approximate surface area is 104 Å². The summed E-state index contributed by atoms with van der Waals surface area (Å²) in [6.07, 6.45) is 2.62. The lowest BCUT2D eigenvalue weighted by atomic mass is 10.0. The van der Waals surface area contributed by atoms with Crippen molar-refractivity contribution in [1.82, 2.24) is 10.2 Å². The number of hydrogen-bond acceptors (Lipinski definition) is 2. The second-order valence-electron chi connectivity index (χ2n) is 5.50. The number of fused-ring (bicyclic) bond motifs is 1. The van der Waals surface area contributed by atoms with Gasteiger partial charge in [0.1, 0.15) is 0 Å². The van der Waals surface area contributed by atoms with Gasteiger partial charge in [-0.3, -0.25) is 4.90 Å². The highest BCUT2D eigenvalue weighted by Crippen LogP contribution is 2.33. The predicted molar refractivity (Wildman–Crippen MR) is 71.3 cm³/mol. The molecule has 0 aromatic heterocycles. The molecule has 1 fully saturated rings. The zero-order valence-electron chi connectivity index (χ0n) is 10.7. The maximum Gasteiger partial charge on any atom is 0.0234 e.